The number of ketones is 1. The second kappa shape index (κ2) is 5.06. The van der Waals surface area contributed by atoms with Crippen molar-refractivity contribution in [2.75, 3.05) is 0 Å². The molecule has 3 heteroatoms. The summed E-state index contributed by atoms with van der Waals surface area (Å²) in [7, 11) is 0. The maximum absolute atomic E-state index is 12.7. The van der Waals surface area contributed by atoms with E-state index >= 15 is 0 Å². The molecule has 2 aromatic rings. The van der Waals surface area contributed by atoms with Crippen molar-refractivity contribution in [2.45, 2.75) is 40.0 Å². The molecule has 124 valence electrons. The number of aromatic hydroxyl groups is 1. The molecule has 1 aromatic heterocycles. The Hall–Kier alpha value is -1.87. The summed E-state index contributed by atoms with van der Waals surface area (Å²) >= 11 is 1.66. The number of aryl methyl sites for hydroxylation is 2. The maximum atomic E-state index is 12.7. The normalized spacial score (nSPS) is 23.3. The van der Waals surface area contributed by atoms with Crippen molar-refractivity contribution in [3.8, 4) is 5.75 Å². The van der Waals surface area contributed by atoms with Gasteiger partial charge in [-0.15, -0.1) is 11.3 Å². The van der Waals surface area contributed by atoms with Gasteiger partial charge in [-0.05, 0) is 78.0 Å². The topological polar surface area (TPSA) is 37.3 Å². The van der Waals surface area contributed by atoms with Gasteiger partial charge in [0.2, 0.25) is 0 Å². The molecule has 0 saturated heterocycles. The zero-order valence-corrected chi connectivity index (χ0v) is 15.3. The minimum absolute atomic E-state index is 0.106. The lowest BCUT2D eigenvalue weighted by Gasteiger charge is -2.09. The Kier molecular flexibility index (Phi) is 3.30. The van der Waals surface area contributed by atoms with Crippen molar-refractivity contribution in [2.24, 2.45) is 11.3 Å². The summed E-state index contributed by atoms with van der Waals surface area (Å²) in [6, 6.07) is 5.39. The zero-order chi connectivity index (χ0) is 17.2. The van der Waals surface area contributed by atoms with Crippen molar-refractivity contribution in [1.29, 1.82) is 0 Å². The van der Waals surface area contributed by atoms with Crippen LogP contribution in [0.15, 0.2) is 24.3 Å². The first kappa shape index (κ1) is 15.6. The number of hydrogen-bond acceptors (Lipinski definition) is 3. The fraction of sp³-hybridized carbons (Fsp3) is 0.381. The van der Waals surface area contributed by atoms with Gasteiger partial charge in [-0.1, -0.05) is 26.0 Å². The Bertz CT molecular complexity index is 885. The van der Waals surface area contributed by atoms with Crippen molar-refractivity contribution < 1.29 is 9.90 Å². The predicted octanol–water partition coefficient (Wildman–Crippen LogP) is 5.26. The van der Waals surface area contributed by atoms with Gasteiger partial charge in [-0.25, -0.2) is 0 Å². The lowest BCUT2D eigenvalue weighted by molar-refractivity contribution is 0.105. The molecule has 2 atom stereocenters. The third kappa shape index (κ3) is 2.18. The van der Waals surface area contributed by atoms with Crippen molar-refractivity contribution >= 4 is 23.2 Å². The van der Waals surface area contributed by atoms with E-state index in [2.05, 4.69) is 20.8 Å². The first-order chi connectivity index (χ1) is 11.3. The minimum Gasteiger partial charge on any atom is -0.508 e. The van der Waals surface area contributed by atoms with Crippen molar-refractivity contribution in [3.05, 3.63) is 56.3 Å². The van der Waals surface area contributed by atoms with Crippen LogP contribution in [0.1, 0.15) is 56.6 Å². The standard InChI is InChI=1S/C21H22O2S/c1-11-9-13(5-7-16(11)22)6-8-17(23)20-14-10-15-19(21(15,3)4)18(14)12(2)24-20/h5-9,15,19,22H,10H2,1-4H3/b8-6+/t15-,19-/m1/s1. The van der Waals surface area contributed by atoms with Crippen LogP contribution in [0.4, 0.5) is 0 Å². The number of phenols is 1. The van der Waals surface area contributed by atoms with Crippen LogP contribution in [0.5, 0.6) is 5.75 Å². The summed E-state index contributed by atoms with van der Waals surface area (Å²) in [6.07, 6.45) is 4.58. The van der Waals surface area contributed by atoms with E-state index in [4.69, 9.17) is 0 Å². The Morgan fingerprint density at radius 1 is 1.33 bits per heavy atom. The summed E-state index contributed by atoms with van der Waals surface area (Å²) in [5.41, 5.74) is 4.95. The lowest BCUT2D eigenvalue weighted by Crippen LogP contribution is -2.02. The average molecular weight is 338 g/mol. The molecule has 0 amide bonds. The molecule has 0 radical (unpaired) electrons. The van der Waals surface area contributed by atoms with Crippen LogP contribution in [0.3, 0.4) is 0 Å². The number of carbonyl (C=O) groups is 1. The lowest BCUT2D eigenvalue weighted by atomic mass is 9.94. The fourth-order valence-corrected chi connectivity index (χ4v) is 5.51. The molecule has 1 fully saturated rings. The highest BCUT2D eigenvalue weighted by Crippen LogP contribution is 2.71. The first-order valence-corrected chi connectivity index (χ1v) is 9.26. The van der Waals surface area contributed by atoms with Crippen LogP contribution in [-0.2, 0) is 6.42 Å². The summed E-state index contributed by atoms with van der Waals surface area (Å²) in [6.45, 7) is 8.70. The molecule has 2 aliphatic carbocycles. The first-order valence-electron chi connectivity index (χ1n) is 8.45. The molecule has 0 aliphatic heterocycles. The van der Waals surface area contributed by atoms with Gasteiger partial charge in [0.15, 0.2) is 5.78 Å². The number of benzene rings is 1. The van der Waals surface area contributed by atoms with E-state index in [1.54, 1.807) is 23.5 Å². The van der Waals surface area contributed by atoms with E-state index < -0.39 is 0 Å². The molecule has 2 aliphatic rings. The molecule has 2 nitrogen and oxygen atoms in total. The van der Waals surface area contributed by atoms with Gasteiger partial charge in [0, 0.05) is 4.88 Å². The molecular weight excluding hydrogens is 316 g/mol. The van der Waals surface area contributed by atoms with Gasteiger partial charge in [-0.3, -0.25) is 4.79 Å². The second-order valence-electron chi connectivity index (χ2n) is 7.73. The van der Waals surface area contributed by atoms with Crippen molar-refractivity contribution in [1.82, 2.24) is 0 Å². The minimum atomic E-state index is 0.106. The predicted molar refractivity (Wildman–Crippen MR) is 99.0 cm³/mol. The second-order valence-corrected chi connectivity index (χ2v) is 8.96. The molecule has 1 aromatic carbocycles. The Balaban J connectivity index is 1.60. The van der Waals surface area contributed by atoms with Crippen LogP contribution in [0.2, 0.25) is 0 Å². The smallest absolute Gasteiger partial charge is 0.196 e. The number of rotatable bonds is 3. The monoisotopic (exact) mass is 338 g/mol. The summed E-state index contributed by atoms with van der Waals surface area (Å²) in [4.78, 5) is 14.9. The van der Waals surface area contributed by atoms with Crippen LogP contribution < -0.4 is 0 Å². The molecule has 1 saturated carbocycles. The summed E-state index contributed by atoms with van der Waals surface area (Å²) < 4.78 is 0. The molecule has 0 unspecified atom stereocenters. The molecule has 1 N–H and O–H groups in total. The van der Waals surface area contributed by atoms with E-state index in [-0.39, 0.29) is 11.5 Å². The number of hydrogen-bond donors (Lipinski definition) is 1. The Labute approximate surface area is 146 Å². The molecule has 0 bridgehead atoms. The van der Waals surface area contributed by atoms with Gasteiger partial charge < -0.3 is 5.11 Å². The highest BCUT2D eigenvalue weighted by atomic mass is 32.1. The highest BCUT2D eigenvalue weighted by Gasteiger charge is 2.63. The summed E-state index contributed by atoms with van der Waals surface area (Å²) in [5.74, 6) is 1.78. The third-order valence-corrected chi connectivity index (χ3v) is 7.07. The van der Waals surface area contributed by atoms with Crippen LogP contribution in [-0.4, -0.2) is 10.9 Å². The molecule has 4 rings (SSSR count). The summed E-state index contributed by atoms with van der Waals surface area (Å²) in [5, 5.41) is 9.59. The largest absolute Gasteiger partial charge is 0.508 e. The van der Waals surface area contributed by atoms with Gasteiger partial charge >= 0.3 is 0 Å². The van der Waals surface area contributed by atoms with E-state index in [1.807, 2.05) is 25.1 Å². The number of fused-ring (bicyclic) bond motifs is 3. The number of carbonyl (C=O) groups excluding carboxylic acids is 1. The van der Waals surface area contributed by atoms with E-state index in [1.165, 1.54) is 16.0 Å². The van der Waals surface area contributed by atoms with Gasteiger partial charge in [0.1, 0.15) is 5.75 Å². The Morgan fingerprint density at radius 2 is 2.08 bits per heavy atom. The van der Waals surface area contributed by atoms with Gasteiger partial charge in [0.05, 0.1) is 4.88 Å². The SMILES string of the molecule is Cc1cc(/C=C/C(=O)c2sc(C)c3c2C[C@@H]2[C@H]3C2(C)C)ccc1O. The quantitative estimate of drug-likeness (QED) is 0.612. The van der Waals surface area contributed by atoms with Crippen molar-refractivity contribution in [3.63, 3.8) is 0 Å². The molecule has 0 spiro atoms. The van der Waals surface area contributed by atoms with Gasteiger partial charge in [-0.2, -0.15) is 0 Å². The van der Waals surface area contributed by atoms with E-state index in [0.717, 1.165) is 28.3 Å². The average Bonchev–Trinajstić information content (AvgIpc) is 2.88. The maximum Gasteiger partial charge on any atom is 0.196 e. The van der Waals surface area contributed by atoms with Crippen LogP contribution in [0.25, 0.3) is 6.08 Å². The molecular formula is C21H22O2S. The van der Waals surface area contributed by atoms with Gasteiger partial charge in [0.25, 0.3) is 0 Å². The zero-order valence-electron chi connectivity index (χ0n) is 14.5. The third-order valence-electron chi connectivity index (χ3n) is 5.89. The number of thiophene rings is 1. The Morgan fingerprint density at radius 3 is 2.79 bits per heavy atom. The number of allylic oxidation sites excluding steroid dienone is 1. The fourth-order valence-electron chi connectivity index (χ4n) is 4.36. The number of phenolic OH excluding ortho intramolecular Hbond substituents is 1. The van der Waals surface area contributed by atoms with E-state index in [0.29, 0.717) is 11.3 Å². The van der Waals surface area contributed by atoms with Crippen LogP contribution in [0, 0.1) is 25.2 Å². The highest BCUT2D eigenvalue weighted by molar-refractivity contribution is 7.14. The molecule has 1 heterocycles. The van der Waals surface area contributed by atoms with E-state index in [9.17, 15) is 9.90 Å². The molecule has 24 heavy (non-hydrogen) atoms. The van der Waals surface area contributed by atoms with Crippen LogP contribution >= 0.6 is 11.3 Å².